The van der Waals surface area contributed by atoms with Gasteiger partial charge in [-0.3, -0.25) is 4.68 Å². The topological polar surface area (TPSA) is 36.3 Å². The molecule has 18 heavy (non-hydrogen) atoms. The van der Waals surface area contributed by atoms with Gasteiger partial charge in [-0.15, -0.1) is 0 Å². The molecule has 1 fully saturated rings. The van der Waals surface area contributed by atoms with Crippen molar-refractivity contribution in [2.24, 2.45) is 7.05 Å². The summed E-state index contributed by atoms with van der Waals surface area (Å²) >= 11 is 0. The molecule has 0 spiro atoms. The summed E-state index contributed by atoms with van der Waals surface area (Å²) in [6.45, 7) is 12.4. The van der Waals surface area contributed by atoms with E-state index in [0.29, 0.717) is 0 Å². The van der Waals surface area contributed by atoms with Gasteiger partial charge in [0.05, 0.1) is 16.9 Å². The molecule has 0 radical (unpaired) electrons. The summed E-state index contributed by atoms with van der Waals surface area (Å²) in [5, 5.41) is 4.48. The highest BCUT2D eigenvalue weighted by Gasteiger charge is 2.53. The summed E-state index contributed by atoms with van der Waals surface area (Å²) in [6, 6.07) is 0. The van der Waals surface area contributed by atoms with Gasteiger partial charge in [-0.05, 0) is 41.0 Å². The average Bonchev–Trinajstić information content (AvgIpc) is 2.60. The van der Waals surface area contributed by atoms with Gasteiger partial charge in [-0.1, -0.05) is 6.92 Å². The molecule has 0 N–H and O–H groups in total. The quantitative estimate of drug-likeness (QED) is 0.748. The van der Waals surface area contributed by atoms with E-state index in [-0.39, 0.29) is 18.3 Å². The molecule has 0 unspecified atom stereocenters. The molecule has 0 saturated carbocycles. The van der Waals surface area contributed by atoms with Gasteiger partial charge in [0.15, 0.2) is 0 Å². The zero-order chi connectivity index (χ0) is 13.7. The van der Waals surface area contributed by atoms with Crippen LogP contribution in [0.25, 0.3) is 0 Å². The molecular formula is C13H23BN2O2. The van der Waals surface area contributed by atoms with Crippen molar-refractivity contribution in [1.29, 1.82) is 0 Å². The molecule has 1 aliphatic rings. The number of hydrogen-bond acceptors (Lipinski definition) is 3. The van der Waals surface area contributed by atoms with Crippen LogP contribution in [0.4, 0.5) is 0 Å². The number of nitrogens with zero attached hydrogens (tertiary/aromatic N) is 2. The van der Waals surface area contributed by atoms with Crippen LogP contribution in [0.1, 0.15) is 46.0 Å². The molecule has 0 atom stereocenters. The van der Waals surface area contributed by atoms with E-state index in [1.807, 2.05) is 18.7 Å². The Labute approximate surface area is 110 Å². The third-order valence-corrected chi connectivity index (χ3v) is 4.22. The Morgan fingerprint density at radius 3 is 2.11 bits per heavy atom. The molecule has 0 amide bonds. The highest BCUT2D eigenvalue weighted by molar-refractivity contribution is 6.63. The molecule has 0 aliphatic carbocycles. The van der Waals surface area contributed by atoms with Crippen molar-refractivity contribution >= 4 is 12.6 Å². The first-order valence-electron chi connectivity index (χ1n) is 6.57. The second-order valence-corrected chi connectivity index (χ2v) is 6.01. The van der Waals surface area contributed by atoms with Crippen LogP contribution >= 0.6 is 0 Å². The van der Waals surface area contributed by atoms with Crippen LogP contribution in [-0.2, 0) is 22.8 Å². The molecule has 0 aromatic carbocycles. The number of rotatable bonds is 2. The van der Waals surface area contributed by atoms with Gasteiger partial charge in [-0.25, -0.2) is 0 Å². The zero-order valence-electron chi connectivity index (χ0n) is 12.5. The molecule has 2 rings (SSSR count). The minimum absolute atomic E-state index is 0.301. The molecule has 100 valence electrons. The average molecular weight is 250 g/mol. The van der Waals surface area contributed by atoms with Gasteiger partial charge in [0.25, 0.3) is 0 Å². The maximum atomic E-state index is 6.11. The third kappa shape index (κ3) is 1.90. The van der Waals surface area contributed by atoms with E-state index in [1.165, 1.54) is 5.69 Å². The van der Waals surface area contributed by atoms with Crippen LogP contribution in [-0.4, -0.2) is 28.1 Å². The fourth-order valence-electron chi connectivity index (χ4n) is 2.41. The van der Waals surface area contributed by atoms with Crippen LogP contribution in [0.2, 0.25) is 0 Å². The van der Waals surface area contributed by atoms with Crippen molar-refractivity contribution in [1.82, 2.24) is 9.78 Å². The van der Waals surface area contributed by atoms with Crippen molar-refractivity contribution in [3.63, 3.8) is 0 Å². The van der Waals surface area contributed by atoms with Crippen molar-refractivity contribution in [2.75, 3.05) is 0 Å². The summed E-state index contributed by atoms with van der Waals surface area (Å²) < 4.78 is 14.1. The second kappa shape index (κ2) is 4.10. The summed E-state index contributed by atoms with van der Waals surface area (Å²) in [6.07, 6.45) is 0.927. The van der Waals surface area contributed by atoms with Gasteiger partial charge in [0.1, 0.15) is 0 Å². The molecular weight excluding hydrogens is 227 g/mol. The number of aromatic nitrogens is 2. The molecule has 1 aromatic heterocycles. The Kier molecular flexibility index (Phi) is 3.10. The smallest absolute Gasteiger partial charge is 0.399 e. The minimum Gasteiger partial charge on any atom is -0.399 e. The minimum atomic E-state index is -0.307. The van der Waals surface area contributed by atoms with Crippen molar-refractivity contribution < 1.29 is 9.31 Å². The first kappa shape index (κ1) is 13.6. The molecule has 2 heterocycles. The van der Waals surface area contributed by atoms with Gasteiger partial charge < -0.3 is 9.31 Å². The Morgan fingerprint density at radius 1 is 1.17 bits per heavy atom. The van der Waals surface area contributed by atoms with Crippen molar-refractivity contribution in [3.8, 4) is 0 Å². The zero-order valence-corrected chi connectivity index (χ0v) is 12.5. The molecule has 1 aliphatic heterocycles. The van der Waals surface area contributed by atoms with E-state index in [4.69, 9.17) is 9.31 Å². The normalized spacial score (nSPS) is 21.6. The summed E-state index contributed by atoms with van der Waals surface area (Å²) in [4.78, 5) is 0. The SMILES string of the molecule is CCc1c(B2OC(C)(C)C(C)(C)O2)c(C)nn1C. The van der Waals surface area contributed by atoms with Gasteiger partial charge >= 0.3 is 7.12 Å². The van der Waals surface area contributed by atoms with Crippen molar-refractivity contribution in [2.45, 2.75) is 59.2 Å². The molecule has 1 saturated heterocycles. The Morgan fingerprint density at radius 2 is 1.67 bits per heavy atom. The Balaban J connectivity index is 2.41. The molecule has 1 aromatic rings. The van der Waals surface area contributed by atoms with E-state index in [0.717, 1.165) is 17.6 Å². The number of aryl methyl sites for hydroxylation is 2. The van der Waals surface area contributed by atoms with E-state index < -0.39 is 0 Å². The highest BCUT2D eigenvalue weighted by Crippen LogP contribution is 2.36. The van der Waals surface area contributed by atoms with Crippen LogP contribution in [0.15, 0.2) is 0 Å². The van der Waals surface area contributed by atoms with Crippen LogP contribution in [0.5, 0.6) is 0 Å². The van der Waals surface area contributed by atoms with Crippen LogP contribution < -0.4 is 5.46 Å². The van der Waals surface area contributed by atoms with E-state index in [2.05, 4.69) is 39.7 Å². The van der Waals surface area contributed by atoms with E-state index in [9.17, 15) is 0 Å². The van der Waals surface area contributed by atoms with Gasteiger partial charge in [0, 0.05) is 18.2 Å². The standard InChI is InChI=1S/C13H23BN2O2/c1-8-10-11(9(2)15-16(10)7)14-17-12(3,4)13(5,6)18-14/h8H2,1-7H3. The van der Waals surface area contributed by atoms with Gasteiger partial charge in [-0.2, -0.15) is 5.10 Å². The Hall–Kier alpha value is -0.805. The predicted octanol–water partition coefficient (Wildman–Crippen LogP) is 1.59. The number of hydrogen-bond donors (Lipinski definition) is 0. The maximum Gasteiger partial charge on any atom is 0.498 e. The summed E-state index contributed by atoms with van der Waals surface area (Å²) in [5.74, 6) is 0. The molecule has 4 nitrogen and oxygen atoms in total. The third-order valence-electron chi connectivity index (χ3n) is 4.22. The van der Waals surface area contributed by atoms with Crippen LogP contribution in [0.3, 0.4) is 0 Å². The van der Waals surface area contributed by atoms with Gasteiger partial charge in [0.2, 0.25) is 0 Å². The lowest BCUT2D eigenvalue weighted by molar-refractivity contribution is 0.00578. The van der Waals surface area contributed by atoms with Crippen LogP contribution in [0, 0.1) is 6.92 Å². The summed E-state index contributed by atoms with van der Waals surface area (Å²) in [7, 11) is 1.67. The van der Waals surface area contributed by atoms with Crippen molar-refractivity contribution in [3.05, 3.63) is 11.4 Å². The lowest BCUT2D eigenvalue weighted by atomic mass is 9.76. The largest absolute Gasteiger partial charge is 0.498 e. The monoisotopic (exact) mass is 250 g/mol. The lowest BCUT2D eigenvalue weighted by Gasteiger charge is -2.32. The second-order valence-electron chi connectivity index (χ2n) is 6.01. The first-order valence-corrected chi connectivity index (χ1v) is 6.57. The van der Waals surface area contributed by atoms with E-state index >= 15 is 0 Å². The lowest BCUT2D eigenvalue weighted by Crippen LogP contribution is -2.41. The fourth-order valence-corrected chi connectivity index (χ4v) is 2.41. The Bertz CT molecular complexity index is 450. The maximum absolute atomic E-state index is 6.11. The summed E-state index contributed by atoms with van der Waals surface area (Å²) in [5.41, 5.74) is 2.67. The first-order chi connectivity index (χ1) is 8.19. The predicted molar refractivity (Wildman–Crippen MR) is 73.0 cm³/mol. The molecule has 0 bridgehead atoms. The highest BCUT2D eigenvalue weighted by atomic mass is 16.7. The van der Waals surface area contributed by atoms with E-state index in [1.54, 1.807) is 0 Å². The fraction of sp³-hybridized carbons (Fsp3) is 0.769. The molecule has 5 heteroatoms.